The van der Waals surface area contributed by atoms with Crippen molar-refractivity contribution in [3.8, 4) is 0 Å². The highest BCUT2D eigenvalue weighted by molar-refractivity contribution is 5.97. The van der Waals surface area contributed by atoms with E-state index in [9.17, 15) is 0 Å². The minimum atomic E-state index is -0.224. The molecule has 122 valence electrons. The second-order valence-electron chi connectivity index (χ2n) is 7.49. The Hall–Kier alpha value is -2.02. The summed E-state index contributed by atoms with van der Waals surface area (Å²) in [4.78, 5) is 9.27. The molecule has 2 radical (unpaired) electrons. The first kappa shape index (κ1) is 14.3. The summed E-state index contributed by atoms with van der Waals surface area (Å²) >= 11 is 0. The summed E-state index contributed by atoms with van der Waals surface area (Å²) in [5, 5.41) is 3.27. The molecule has 2 aromatic rings. The van der Waals surface area contributed by atoms with E-state index in [-0.39, 0.29) is 5.60 Å². The molecule has 0 amide bonds. The van der Waals surface area contributed by atoms with Gasteiger partial charge in [0.1, 0.15) is 6.54 Å². The zero-order valence-corrected chi connectivity index (χ0v) is 13.9. The van der Waals surface area contributed by atoms with Crippen molar-refractivity contribution in [2.45, 2.75) is 18.4 Å². The number of fused-ring (bicyclic) bond motifs is 3. The Morgan fingerprint density at radius 1 is 1.33 bits per heavy atom. The van der Waals surface area contributed by atoms with E-state index < -0.39 is 0 Å². The van der Waals surface area contributed by atoms with Crippen LogP contribution in [0.5, 0.6) is 0 Å². The fraction of sp³-hybridized carbons (Fsp3) is 0.529. The number of hydrogen-bond donors (Lipinski definition) is 1. The van der Waals surface area contributed by atoms with Gasteiger partial charge in [0.15, 0.2) is 5.60 Å². The second kappa shape index (κ2) is 4.75. The van der Waals surface area contributed by atoms with E-state index >= 15 is 0 Å². The zero-order chi connectivity index (χ0) is 16.4. The number of ether oxygens (including phenoxy) is 1. The molecule has 0 saturated carbocycles. The summed E-state index contributed by atoms with van der Waals surface area (Å²) in [6.07, 6.45) is 2.26. The van der Waals surface area contributed by atoms with Crippen LogP contribution in [0.1, 0.15) is 12.8 Å². The third kappa shape index (κ3) is 2.00. The van der Waals surface area contributed by atoms with E-state index in [1.165, 1.54) is 0 Å². The number of nitrogens with one attached hydrogen (secondary N) is 1. The van der Waals surface area contributed by atoms with E-state index in [2.05, 4.69) is 21.4 Å². The SMILES string of the molecule is [B][N+]12CCC(CC1)C1(CN=C(Nc3nc4ccccc4n3C)O1)C2. The molecule has 1 N–H and O–H groups in total. The largest absolute Gasteiger partial charge is 0.481 e. The molecule has 0 aliphatic carbocycles. The lowest BCUT2D eigenvalue weighted by Crippen LogP contribution is -2.69. The Balaban J connectivity index is 1.39. The number of nitrogens with zero attached hydrogens (tertiary/aromatic N) is 4. The quantitative estimate of drug-likeness (QED) is 0.808. The van der Waals surface area contributed by atoms with Crippen LogP contribution in [0.2, 0.25) is 0 Å². The molecule has 6 rings (SSSR count). The first-order chi connectivity index (χ1) is 11.6. The summed E-state index contributed by atoms with van der Waals surface area (Å²) < 4.78 is 8.99. The van der Waals surface area contributed by atoms with Gasteiger partial charge in [-0.15, -0.1) is 0 Å². The van der Waals surface area contributed by atoms with Gasteiger partial charge in [-0.1, -0.05) is 12.1 Å². The van der Waals surface area contributed by atoms with Gasteiger partial charge >= 0.3 is 7.98 Å². The van der Waals surface area contributed by atoms with Crippen LogP contribution in [-0.4, -0.2) is 59.7 Å². The molecule has 5 heterocycles. The molecule has 1 unspecified atom stereocenters. The maximum absolute atomic E-state index is 6.49. The molecule has 3 saturated heterocycles. The Bertz CT molecular complexity index is 839. The maximum Gasteiger partial charge on any atom is 0.481 e. The highest BCUT2D eigenvalue weighted by atomic mass is 16.5. The van der Waals surface area contributed by atoms with Crippen molar-refractivity contribution in [1.82, 2.24) is 9.55 Å². The average Bonchev–Trinajstić information content (AvgIpc) is 3.10. The number of aryl methyl sites for hydroxylation is 1. The number of amidine groups is 1. The molecular weight excluding hydrogens is 301 g/mol. The number of anilines is 1. The molecule has 1 spiro atoms. The Morgan fingerprint density at radius 3 is 2.88 bits per heavy atom. The minimum absolute atomic E-state index is 0.224. The van der Waals surface area contributed by atoms with Crippen molar-refractivity contribution >= 4 is 31.0 Å². The smallest absolute Gasteiger partial charge is 0.450 e. The molecule has 1 aromatic carbocycles. The topological polar surface area (TPSA) is 51.4 Å². The molecule has 6 nitrogen and oxygen atoms in total. The summed E-state index contributed by atoms with van der Waals surface area (Å²) in [6, 6.07) is 8.66. The third-order valence-corrected chi connectivity index (χ3v) is 5.97. The molecule has 4 aliphatic heterocycles. The number of para-hydroxylation sites is 2. The van der Waals surface area contributed by atoms with Crippen LogP contribution in [-0.2, 0) is 11.8 Å². The first-order valence-electron chi connectivity index (χ1n) is 8.64. The predicted octanol–water partition coefficient (Wildman–Crippen LogP) is 1.43. The normalized spacial score (nSPS) is 34.5. The lowest BCUT2D eigenvalue weighted by atomic mass is 9.72. The van der Waals surface area contributed by atoms with Crippen molar-refractivity contribution in [2.75, 3.05) is 31.5 Å². The number of hydrogen-bond acceptors (Lipinski definition) is 4. The molecule has 3 fully saturated rings. The number of imidazole rings is 1. The Morgan fingerprint density at radius 2 is 2.12 bits per heavy atom. The standard InChI is InChI=1S/C17H21BN5O/c1-22-14-5-3-2-4-13(14)20-15(22)21-16-19-10-17(24-16)11-23(18)8-6-12(17)7-9-23/h2-5,12H,6-11H2,1H3,(H,19,20,21)/q+1. The summed E-state index contributed by atoms with van der Waals surface area (Å²) in [7, 11) is 8.49. The summed E-state index contributed by atoms with van der Waals surface area (Å²) in [6.45, 7) is 3.67. The van der Waals surface area contributed by atoms with E-state index in [1.54, 1.807) is 0 Å². The van der Waals surface area contributed by atoms with Gasteiger partial charge in [-0.3, -0.25) is 5.32 Å². The zero-order valence-electron chi connectivity index (χ0n) is 13.9. The first-order valence-corrected chi connectivity index (χ1v) is 8.64. The predicted molar refractivity (Wildman–Crippen MR) is 93.8 cm³/mol. The molecule has 2 bridgehead atoms. The number of aliphatic imine (C=N–C) groups is 1. The molecule has 4 aliphatic rings. The third-order valence-electron chi connectivity index (χ3n) is 5.97. The number of benzene rings is 1. The van der Waals surface area contributed by atoms with E-state index in [0.29, 0.717) is 22.9 Å². The molecule has 1 atom stereocenters. The van der Waals surface area contributed by atoms with Gasteiger partial charge in [-0.2, -0.15) is 0 Å². The van der Waals surface area contributed by atoms with Gasteiger partial charge in [0, 0.05) is 25.8 Å². The highest BCUT2D eigenvalue weighted by Crippen LogP contribution is 2.43. The average molecular weight is 322 g/mol. The number of piperidine rings is 3. The Kier molecular flexibility index (Phi) is 2.84. The van der Waals surface area contributed by atoms with Gasteiger partial charge in [0.05, 0.1) is 30.7 Å². The van der Waals surface area contributed by atoms with Crippen molar-refractivity contribution in [2.24, 2.45) is 18.0 Å². The van der Waals surface area contributed by atoms with Crippen LogP contribution in [0, 0.1) is 5.92 Å². The summed E-state index contributed by atoms with van der Waals surface area (Å²) in [5.41, 5.74) is 1.82. The van der Waals surface area contributed by atoms with Crippen LogP contribution >= 0.6 is 0 Å². The van der Waals surface area contributed by atoms with E-state index in [1.807, 2.05) is 29.8 Å². The van der Waals surface area contributed by atoms with Crippen molar-refractivity contribution in [1.29, 1.82) is 0 Å². The van der Waals surface area contributed by atoms with Gasteiger partial charge in [-0.25, -0.2) is 9.98 Å². The summed E-state index contributed by atoms with van der Waals surface area (Å²) in [5.74, 6) is 1.31. The van der Waals surface area contributed by atoms with Crippen molar-refractivity contribution in [3.63, 3.8) is 0 Å². The fourth-order valence-electron chi connectivity index (χ4n) is 4.60. The maximum atomic E-state index is 6.49. The molecule has 24 heavy (non-hydrogen) atoms. The molecule has 1 aromatic heterocycles. The lowest BCUT2D eigenvalue weighted by molar-refractivity contribution is -0.845. The number of aromatic nitrogens is 2. The van der Waals surface area contributed by atoms with Crippen LogP contribution in [0.4, 0.5) is 5.95 Å². The molecular formula is C17H21BN5O+. The van der Waals surface area contributed by atoms with Crippen LogP contribution in [0.25, 0.3) is 11.0 Å². The van der Waals surface area contributed by atoms with Gasteiger partial charge in [0.25, 0.3) is 6.02 Å². The Labute approximate surface area is 142 Å². The van der Waals surface area contributed by atoms with Crippen molar-refractivity contribution in [3.05, 3.63) is 24.3 Å². The second-order valence-corrected chi connectivity index (χ2v) is 7.49. The van der Waals surface area contributed by atoms with E-state index in [4.69, 9.17) is 12.7 Å². The van der Waals surface area contributed by atoms with E-state index in [0.717, 1.165) is 49.5 Å². The number of rotatable bonds is 1. The van der Waals surface area contributed by atoms with Crippen LogP contribution < -0.4 is 5.32 Å². The highest BCUT2D eigenvalue weighted by Gasteiger charge is 2.57. The monoisotopic (exact) mass is 322 g/mol. The lowest BCUT2D eigenvalue weighted by Gasteiger charge is -2.55. The minimum Gasteiger partial charge on any atom is -0.450 e. The van der Waals surface area contributed by atoms with Gasteiger partial charge in [-0.05, 0) is 12.1 Å². The molecule has 7 heteroatoms. The number of quaternary nitrogens is 1. The van der Waals surface area contributed by atoms with Crippen molar-refractivity contribution < 1.29 is 9.13 Å². The van der Waals surface area contributed by atoms with Crippen LogP contribution in [0.3, 0.4) is 0 Å². The fourth-order valence-corrected chi connectivity index (χ4v) is 4.60. The van der Waals surface area contributed by atoms with Gasteiger partial charge < -0.3 is 13.7 Å². The van der Waals surface area contributed by atoms with Crippen LogP contribution in [0.15, 0.2) is 29.3 Å². The van der Waals surface area contributed by atoms with Gasteiger partial charge in [0.2, 0.25) is 5.95 Å².